The van der Waals surface area contributed by atoms with E-state index < -0.39 is 0 Å². The molecule has 0 heterocycles. The maximum atomic E-state index is 3.54. The summed E-state index contributed by atoms with van der Waals surface area (Å²) in [7, 11) is 0. The first-order valence-electron chi connectivity index (χ1n) is 8.11. The van der Waals surface area contributed by atoms with Crippen LogP contribution < -0.4 is 5.32 Å². The molecule has 1 N–H and O–H groups in total. The van der Waals surface area contributed by atoms with Crippen molar-refractivity contribution in [2.45, 2.75) is 26.2 Å². The van der Waals surface area contributed by atoms with Crippen molar-refractivity contribution in [1.82, 2.24) is 5.32 Å². The molecule has 2 aromatic carbocycles. The van der Waals surface area contributed by atoms with Gasteiger partial charge in [0.05, 0.1) is 0 Å². The van der Waals surface area contributed by atoms with Gasteiger partial charge in [-0.3, -0.25) is 0 Å². The van der Waals surface area contributed by atoms with Crippen LogP contribution in [0.3, 0.4) is 0 Å². The molecule has 1 unspecified atom stereocenters. The first-order chi connectivity index (χ1) is 10.3. The van der Waals surface area contributed by atoms with Gasteiger partial charge in [-0.15, -0.1) is 0 Å². The normalized spacial score (nSPS) is 19.4. The van der Waals surface area contributed by atoms with Crippen LogP contribution in [0.15, 0.2) is 60.7 Å². The average Bonchev–Trinajstić information content (AvgIpc) is 3.19. The molecule has 1 fully saturated rings. The van der Waals surface area contributed by atoms with Crippen LogP contribution in [0, 0.1) is 11.3 Å². The number of hydrogen-bond acceptors (Lipinski definition) is 1. The highest BCUT2D eigenvalue weighted by molar-refractivity contribution is 5.25. The van der Waals surface area contributed by atoms with E-state index in [0.717, 1.165) is 19.0 Å². The van der Waals surface area contributed by atoms with E-state index in [-0.39, 0.29) is 0 Å². The van der Waals surface area contributed by atoms with Crippen molar-refractivity contribution in [1.29, 1.82) is 0 Å². The van der Waals surface area contributed by atoms with E-state index in [4.69, 9.17) is 0 Å². The number of benzene rings is 2. The van der Waals surface area contributed by atoms with Gasteiger partial charge in [0, 0.05) is 0 Å². The fourth-order valence-corrected chi connectivity index (χ4v) is 3.54. The minimum atomic E-state index is 0.463. The average molecular weight is 279 g/mol. The van der Waals surface area contributed by atoms with Gasteiger partial charge in [0.15, 0.2) is 0 Å². The van der Waals surface area contributed by atoms with Gasteiger partial charge in [0.2, 0.25) is 0 Å². The molecule has 110 valence electrons. The summed E-state index contributed by atoms with van der Waals surface area (Å²) < 4.78 is 0. The SMILES string of the molecule is CCNCC1CC1(Cc1ccccc1)Cc1ccccc1. The molecular formula is C20H25N. The Balaban J connectivity index is 1.73. The van der Waals surface area contributed by atoms with Crippen LogP contribution in [0.4, 0.5) is 0 Å². The van der Waals surface area contributed by atoms with Gasteiger partial charge in [-0.25, -0.2) is 0 Å². The Morgan fingerprint density at radius 1 is 0.905 bits per heavy atom. The highest BCUT2D eigenvalue weighted by atomic mass is 14.9. The highest BCUT2D eigenvalue weighted by Crippen LogP contribution is 2.56. The second-order valence-corrected chi connectivity index (χ2v) is 6.40. The second kappa shape index (κ2) is 6.44. The molecule has 1 saturated carbocycles. The summed E-state index contributed by atoms with van der Waals surface area (Å²) in [5.41, 5.74) is 3.42. The Morgan fingerprint density at radius 2 is 1.43 bits per heavy atom. The van der Waals surface area contributed by atoms with Crippen LogP contribution >= 0.6 is 0 Å². The zero-order valence-electron chi connectivity index (χ0n) is 12.9. The minimum absolute atomic E-state index is 0.463. The molecule has 3 rings (SSSR count). The van der Waals surface area contributed by atoms with E-state index in [0.29, 0.717) is 5.41 Å². The molecule has 0 saturated heterocycles. The molecule has 1 aliphatic rings. The predicted molar refractivity (Wildman–Crippen MR) is 89.4 cm³/mol. The van der Waals surface area contributed by atoms with Crippen molar-refractivity contribution in [2.75, 3.05) is 13.1 Å². The first kappa shape index (κ1) is 14.3. The van der Waals surface area contributed by atoms with E-state index in [1.165, 1.54) is 30.4 Å². The summed E-state index contributed by atoms with van der Waals surface area (Å²) in [5.74, 6) is 0.817. The third-order valence-electron chi connectivity index (χ3n) is 4.80. The van der Waals surface area contributed by atoms with E-state index in [1.54, 1.807) is 0 Å². The lowest BCUT2D eigenvalue weighted by molar-refractivity contribution is 0.434. The van der Waals surface area contributed by atoms with Gasteiger partial charge in [-0.1, -0.05) is 67.6 Å². The van der Waals surface area contributed by atoms with Gasteiger partial charge in [-0.2, -0.15) is 0 Å². The van der Waals surface area contributed by atoms with E-state index >= 15 is 0 Å². The monoisotopic (exact) mass is 279 g/mol. The van der Waals surface area contributed by atoms with Crippen LogP contribution in [-0.2, 0) is 12.8 Å². The van der Waals surface area contributed by atoms with Crippen molar-refractivity contribution in [3.8, 4) is 0 Å². The minimum Gasteiger partial charge on any atom is -0.317 e. The lowest BCUT2D eigenvalue weighted by atomic mass is 9.87. The summed E-state index contributed by atoms with van der Waals surface area (Å²) in [6.45, 7) is 4.43. The molecule has 0 amide bonds. The fraction of sp³-hybridized carbons (Fsp3) is 0.400. The smallest absolute Gasteiger partial charge is 0.00149 e. The zero-order valence-corrected chi connectivity index (χ0v) is 12.9. The van der Waals surface area contributed by atoms with Crippen molar-refractivity contribution in [3.05, 3.63) is 71.8 Å². The Kier molecular flexibility index (Phi) is 4.40. The number of nitrogens with one attached hydrogen (secondary N) is 1. The third kappa shape index (κ3) is 3.54. The second-order valence-electron chi connectivity index (χ2n) is 6.40. The van der Waals surface area contributed by atoms with Crippen molar-refractivity contribution >= 4 is 0 Å². The molecule has 0 spiro atoms. The highest BCUT2D eigenvalue weighted by Gasteiger charge is 2.52. The molecule has 2 aromatic rings. The van der Waals surface area contributed by atoms with Gasteiger partial charge in [0.25, 0.3) is 0 Å². The number of rotatable bonds is 7. The van der Waals surface area contributed by atoms with Gasteiger partial charge < -0.3 is 5.32 Å². The quantitative estimate of drug-likeness (QED) is 0.805. The van der Waals surface area contributed by atoms with Gasteiger partial charge in [-0.05, 0) is 54.8 Å². The summed E-state index contributed by atoms with van der Waals surface area (Å²) in [6, 6.07) is 21.9. The molecule has 0 aromatic heterocycles. The zero-order chi connectivity index (χ0) is 14.5. The van der Waals surface area contributed by atoms with Crippen molar-refractivity contribution in [3.63, 3.8) is 0 Å². The molecule has 21 heavy (non-hydrogen) atoms. The lowest BCUT2D eigenvalue weighted by Gasteiger charge is -2.18. The molecule has 1 heteroatoms. The molecule has 1 atom stereocenters. The lowest BCUT2D eigenvalue weighted by Crippen LogP contribution is -2.21. The Hall–Kier alpha value is -1.60. The van der Waals surface area contributed by atoms with Crippen LogP contribution in [0.5, 0.6) is 0 Å². The Labute approximate surface area is 128 Å². The number of hydrogen-bond donors (Lipinski definition) is 1. The maximum absolute atomic E-state index is 3.54. The van der Waals surface area contributed by atoms with E-state index in [2.05, 4.69) is 72.9 Å². The molecule has 0 aliphatic heterocycles. The molecule has 0 radical (unpaired) electrons. The van der Waals surface area contributed by atoms with E-state index in [9.17, 15) is 0 Å². The fourth-order valence-electron chi connectivity index (χ4n) is 3.54. The third-order valence-corrected chi connectivity index (χ3v) is 4.80. The molecular weight excluding hydrogens is 254 g/mol. The summed E-state index contributed by atoms with van der Waals surface area (Å²) in [6.07, 6.45) is 3.77. The Morgan fingerprint density at radius 3 is 1.90 bits per heavy atom. The van der Waals surface area contributed by atoms with Crippen molar-refractivity contribution < 1.29 is 0 Å². The first-order valence-corrected chi connectivity index (χ1v) is 8.11. The predicted octanol–water partition coefficient (Wildman–Crippen LogP) is 4.09. The Bertz CT molecular complexity index is 505. The topological polar surface area (TPSA) is 12.0 Å². The maximum Gasteiger partial charge on any atom is -0.00149 e. The molecule has 1 nitrogen and oxygen atoms in total. The summed E-state index contributed by atoms with van der Waals surface area (Å²) >= 11 is 0. The standard InChI is InChI=1S/C20H25N/c1-2-21-16-19-15-20(19,13-17-9-5-3-6-10-17)14-18-11-7-4-8-12-18/h3-12,19,21H,2,13-16H2,1H3. The van der Waals surface area contributed by atoms with Crippen LogP contribution in [0.1, 0.15) is 24.5 Å². The van der Waals surface area contributed by atoms with Gasteiger partial charge >= 0.3 is 0 Å². The molecule has 0 bridgehead atoms. The summed E-state index contributed by atoms with van der Waals surface area (Å²) in [4.78, 5) is 0. The largest absolute Gasteiger partial charge is 0.317 e. The van der Waals surface area contributed by atoms with Crippen molar-refractivity contribution in [2.24, 2.45) is 11.3 Å². The van der Waals surface area contributed by atoms with Crippen LogP contribution in [-0.4, -0.2) is 13.1 Å². The van der Waals surface area contributed by atoms with Gasteiger partial charge in [0.1, 0.15) is 0 Å². The van der Waals surface area contributed by atoms with Crippen LogP contribution in [0.25, 0.3) is 0 Å². The van der Waals surface area contributed by atoms with Crippen LogP contribution in [0.2, 0.25) is 0 Å². The van der Waals surface area contributed by atoms with E-state index in [1.807, 2.05) is 0 Å². The molecule has 1 aliphatic carbocycles. The summed E-state index contributed by atoms with van der Waals surface area (Å²) in [5, 5.41) is 3.54.